The molecule has 0 radical (unpaired) electrons. The Morgan fingerprint density at radius 3 is 2.73 bits per heavy atom. The number of hydrogen-bond donors (Lipinski definition) is 1. The number of nitrogens with zero attached hydrogens (tertiary/aromatic N) is 3. The minimum Gasteiger partial charge on any atom is -0.492 e. The van der Waals surface area contributed by atoms with Gasteiger partial charge in [0.15, 0.2) is 5.65 Å². The Bertz CT molecular complexity index is 960. The Morgan fingerprint density at radius 2 is 2.04 bits per heavy atom. The molecule has 0 aliphatic carbocycles. The quantitative estimate of drug-likeness (QED) is 0.744. The van der Waals surface area contributed by atoms with Crippen LogP contribution in [0.3, 0.4) is 0 Å². The van der Waals surface area contributed by atoms with Crippen molar-refractivity contribution in [3.63, 3.8) is 0 Å². The van der Waals surface area contributed by atoms with Crippen LogP contribution in [0.15, 0.2) is 30.5 Å². The Morgan fingerprint density at radius 1 is 1.27 bits per heavy atom. The van der Waals surface area contributed by atoms with Crippen molar-refractivity contribution in [1.29, 1.82) is 0 Å². The molecule has 0 saturated carbocycles. The largest absolute Gasteiger partial charge is 0.492 e. The summed E-state index contributed by atoms with van der Waals surface area (Å²) in [4.78, 5) is 17.4. The number of anilines is 1. The molecule has 0 spiro atoms. The highest BCUT2D eigenvalue weighted by Crippen LogP contribution is 2.27. The van der Waals surface area contributed by atoms with Crippen molar-refractivity contribution in [3.05, 3.63) is 47.3 Å². The third-order valence-electron chi connectivity index (χ3n) is 4.18. The lowest BCUT2D eigenvalue weighted by Crippen LogP contribution is -2.15. The lowest BCUT2D eigenvalue weighted by Gasteiger charge is -2.13. The number of amides is 1. The molecule has 0 bridgehead atoms. The molecule has 3 rings (SSSR count). The number of pyridine rings is 1. The molecule has 6 heteroatoms. The number of benzene rings is 1. The number of carbonyl (C=O) groups excluding carboxylic acids is 1. The zero-order chi connectivity index (χ0) is 18.8. The van der Waals surface area contributed by atoms with E-state index in [4.69, 9.17) is 4.74 Å². The van der Waals surface area contributed by atoms with Crippen LogP contribution in [-0.4, -0.2) is 27.3 Å². The van der Waals surface area contributed by atoms with E-state index in [9.17, 15) is 4.79 Å². The third-order valence-corrected chi connectivity index (χ3v) is 4.18. The van der Waals surface area contributed by atoms with Gasteiger partial charge < -0.3 is 10.1 Å². The standard InChI is InChI=1S/C20H24N4O2/c1-6-26-18-9-13(4)7-8-17(18)23-20(25)16-10-15-11-21-24(12(2)3)19(15)22-14(16)5/h7-12H,6H2,1-5H3,(H,23,25). The molecule has 0 unspecified atom stereocenters. The second-order valence-electron chi connectivity index (χ2n) is 6.60. The molecule has 136 valence electrons. The Kier molecular flexibility index (Phi) is 4.93. The number of fused-ring (bicyclic) bond motifs is 1. The van der Waals surface area contributed by atoms with Crippen LogP contribution in [0.2, 0.25) is 0 Å². The van der Waals surface area contributed by atoms with Gasteiger partial charge in [0.25, 0.3) is 5.91 Å². The van der Waals surface area contributed by atoms with Crippen LogP contribution in [0.1, 0.15) is 48.4 Å². The number of aromatic nitrogens is 3. The van der Waals surface area contributed by atoms with Crippen molar-refractivity contribution in [2.24, 2.45) is 0 Å². The maximum atomic E-state index is 12.8. The van der Waals surface area contributed by atoms with E-state index in [1.165, 1.54) is 0 Å². The summed E-state index contributed by atoms with van der Waals surface area (Å²) in [5, 5.41) is 8.16. The first kappa shape index (κ1) is 17.9. The predicted molar refractivity (Wildman–Crippen MR) is 103 cm³/mol. The van der Waals surface area contributed by atoms with E-state index < -0.39 is 0 Å². The second kappa shape index (κ2) is 7.15. The van der Waals surface area contributed by atoms with E-state index in [2.05, 4.69) is 29.2 Å². The fourth-order valence-electron chi connectivity index (χ4n) is 2.87. The lowest BCUT2D eigenvalue weighted by molar-refractivity contribution is 0.102. The first-order valence-corrected chi connectivity index (χ1v) is 8.80. The van der Waals surface area contributed by atoms with E-state index in [0.29, 0.717) is 29.3 Å². The van der Waals surface area contributed by atoms with Crippen LogP contribution in [-0.2, 0) is 0 Å². The van der Waals surface area contributed by atoms with Gasteiger partial charge in [-0.15, -0.1) is 0 Å². The first-order chi connectivity index (χ1) is 12.4. The topological polar surface area (TPSA) is 69.0 Å². The molecule has 26 heavy (non-hydrogen) atoms. The summed E-state index contributed by atoms with van der Waals surface area (Å²) in [6.45, 7) is 10.4. The van der Waals surface area contributed by atoms with Crippen molar-refractivity contribution in [1.82, 2.24) is 14.8 Å². The Labute approximate surface area is 153 Å². The molecular weight excluding hydrogens is 328 g/mol. The number of carbonyl (C=O) groups is 1. The minimum absolute atomic E-state index is 0.209. The number of rotatable bonds is 5. The molecule has 0 aliphatic heterocycles. The maximum Gasteiger partial charge on any atom is 0.257 e. The maximum absolute atomic E-state index is 12.8. The number of ether oxygens (including phenoxy) is 1. The summed E-state index contributed by atoms with van der Waals surface area (Å²) in [5.74, 6) is 0.458. The van der Waals surface area contributed by atoms with Gasteiger partial charge in [0.1, 0.15) is 5.75 Å². The molecule has 1 amide bonds. The van der Waals surface area contributed by atoms with Gasteiger partial charge in [-0.3, -0.25) is 4.79 Å². The average molecular weight is 352 g/mol. The number of hydrogen-bond acceptors (Lipinski definition) is 4. The van der Waals surface area contributed by atoms with Gasteiger partial charge in [0.2, 0.25) is 0 Å². The lowest BCUT2D eigenvalue weighted by atomic mass is 10.1. The van der Waals surface area contributed by atoms with Crippen molar-refractivity contribution in [3.8, 4) is 5.75 Å². The van der Waals surface area contributed by atoms with Gasteiger partial charge in [-0.05, 0) is 58.4 Å². The normalized spacial score (nSPS) is 11.2. The van der Waals surface area contributed by atoms with Crippen molar-refractivity contribution < 1.29 is 9.53 Å². The van der Waals surface area contributed by atoms with E-state index in [1.54, 1.807) is 6.20 Å². The molecule has 0 aliphatic rings. The molecule has 2 aromatic heterocycles. The van der Waals surface area contributed by atoms with Gasteiger partial charge in [-0.2, -0.15) is 5.10 Å². The Hall–Kier alpha value is -2.89. The number of nitrogens with one attached hydrogen (secondary N) is 1. The molecule has 6 nitrogen and oxygen atoms in total. The van der Waals surface area contributed by atoms with E-state index >= 15 is 0 Å². The second-order valence-corrected chi connectivity index (χ2v) is 6.60. The monoisotopic (exact) mass is 352 g/mol. The molecular formula is C20H24N4O2. The summed E-state index contributed by atoms with van der Waals surface area (Å²) in [6.07, 6.45) is 1.75. The SMILES string of the molecule is CCOc1cc(C)ccc1NC(=O)c1cc2cnn(C(C)C)c2nc1C. The highest BCUT2D eigenvalue weighted by Gasteiger charge is 2.17. The zero-order valence-electron chi connectivity index (χ0n) is 15.8. The fourth-order valence-corrected chi connectivity index (χ4v) is 2.87. The van der Waals surface area contributed by atoms with Crippen molar-refractivity contribution >= 4 is 22.6 Å². The average Bonchev–Trinajstić information content (AvgIpc) is 2.99. The van der Waals surface area contributed by atoms with E-state index in [-0.39, 0.29) is 11.9 Å². The van der Waals surface area contributed by atoms with Crippen molar-refractivity contribution in [2.45, 2.75) is 40.7 Å². The van der Waals surface area contributed by atoms with Crippen LogP contribution >= 0.6 is 0 Å². The summed E-state index contributed by atoms with van der Waals surface area (Å²) in [7, 11) is 0. The molecule has 0 atom stereocenters. The highest BCUT2D eigenvalue weighted by atomic mass is 16.5. The van der Waals surface area contributed by atoms with Crippen LogP contribution in [0.4, 0.5) is 5.69 Å². The van der Waals surface area contributed by atoms with Gasteiger partial charge in [-0.1, -0.05) is 6.07 Å². The van der Waals surface area contributed by atoms with Crippen LogP contribution in [0.25, 0.3) is 11.0 Å². The molecule has 2 heterocycles. The van der Waals surface area contributed by atoms with Crippen LogP contribution in [0.5, 0.6) is 5.75 Å². The summed E-state index contributed by atoms with van der Waals surface area (Å²) in [5.41, 5.74) is 3.72. The molecule has 3 aromatic rings. The zero-order valence-corrected chi connectivity index (χ0v) is 15.8. The molecule has 0 fully saturated rings. The van der Waals surface area contributed by atoms with Gasteiger partial charge in [0.05, 0.1) is 29.7 Å². The summed E-state index contributed by atoms with van der Waals surface area (Å²) >= 11 is 0. The smallest absolute Gasteiger partial charge is 0.257 e. The van der Waals surface area contributed by atoms with E-state index in [1.807, 2.05) is 49.7 Å². The highest BCUT2D eigenvalue weighted by molar-refractivity contribution is 6.07. The summed E-state index contributed by atoms with van der Waals surface area (Å²) in [6, 6.07) is 7.77. The fraction of sp³-hybridized carbons (Fsp3) is 0.350. The number of aryl methyl sites for hydroxylation is 2. The van der Waals surface area contributed by atoms with Crippen LogP contribution < -0.4 is 10.1 Å². The predicted octanol–water partition coefficient (Wildman–Crippen LogP) is 4.28. The van der Waals surface area contributed by atoms with Gasteiger partial charge >= 0.3 is 0 Å². The minimum atomic E-state index is -0.209. The summed E-state index contributed by atoms with van der Waals surface area (Å²) < 4.78 is 7.50. The molecule has 1 N–H and O–H groups in total. The first-order valence-electron chi connectivity index (χ1n) is 8.80. The Balaban J connectivity index is 1.94. The third kappa shape index (κ3) is 3.40. The van der Waals surface area contributed by atoms with Crippen LogP contribution in [0, 0.1) is 13.8 Å². The molecule has 0 saturated heterocycles. The van der Waals surface area contributed by atoms with E-state index in [0.717, 1.165) is 16.6 Å². The molecule has 1 aromatic carbocycles. The van der Waals surface area contributed by atoms with Gasteiger partial charge in [0, 0.05) is 11.4 Å². The van der Waals surface area contributed by atoms with Gasteiger partial charge in [-0.25, -0.2) is 9.67 Å². The van der Waals surface area contributed by atoms with Crippen molar-refractivity contribution in [2.75, 3.05) is 11.9 Å².